The van der Waals surface area contributed by atoms with E-state index in [4.69, 9.17) is 5.11 Å². The van der Waals surface area contributed by atoms with Gasteiger partial charge in [0.15, 0.2) is 0 Å². The fourth-order valence-corrected chi connectivity index (χ4v) is 0.966. The predicted octanol–water partition coefficient (Wildman–Crippen LogP) is 0.860. The zero-order valence-electron chi connectivity index (χ0n) is 4.79. The van der Waals surface area contributed by atoms with Gasteiger partial charge in [0, 0.05) is 34.4 Å². The molecule has 1 radical (unpaired) electrons. The van der Waals surface area contributed by atoms with Crippen molar-refractivity contribution < 1.29 is 5.11 Å². The molecule has 39 valence electrons. The molecule has 8 heavy (non-hydrogen) atoms. The van der Waals surface area contributed by atoms with E-state index >= 15 is 0 Å². The van der Waals surface area contributed by atoms with Crippen LogP contribution in [0.15, 0.2) is 17.5 Å². The fraction of sp³-hybridized carbons (Fsp3) is 0.200. The number of rotatable bonds is 1. The second kappa shape index (κ2) is 4.53. The second-order valence-electron chi connectivity index (χ2n) is 1.24. The fourth-order valence-electron chi connectivity index (χ4n) is 0.403. The Hall–Kier alpha value is 0.660. The van der Waals surface area contributed by atoms with Gasteiger partial charge in [-0.05, 0) is 11.4 Å². The molecule has 0 aromatic carbocycles. The van der Waals surface area contributed by atoms with E-state index in [-0.39, 0.29) is 36.2 Å². The molecule has 1 heterocycles. The Balaban J connectivity index is 0.000000490. The summed E-state index contributed by atoms with van der Waals surface area (Å²) >= 11 is 1.57. The first-order valence-electron chi connectivity index (χ1n) is 2.06. The number of aliphatic hydroxyl groups is 1. The molecular formula is C5H6NaOS. The number of aliphatic hydroxyl groups excluding tert-OH is 1. The van der Waals surface area contributed by atoms with Crippen LogP contribution in [0.25, 0.3) is 0 Å². The van der Waals surface area contributed by atoms with Gasteiger partial charge < -0.3 is 5.11 Å². The van der Waals surface area contributed by atoms with Crippen molar-refractivity contribution in [2.75, 3.05) is 0 Å². The molecule has 0 atom stereocenters. The van der Waals surface area contributed by atoms with Gasteiger partial charge in [0.1, 0.15) is 0 Å². The van der Waals surface area contributed by atoms with Crippen molar-refractivity contribution >= 4 is 40.9 Å². The van der Waals surface area contributed by atoms with Gasteiger partial charge in [-0.15, -0.1) is 11.3 Å². The average molecular weight is 137 g/mol. The molecule has 1 nitrogen and oxygen atoms in total. The minimum Gasteiger partial charge on any atom is -0.391 e. The summed E-state index contributed by atoms with van der Waals surface area (Å²) in [6.45, 7) is 0.178. The van der Waals surface area contributed by atoms with Crippen molar-refractivity contribution in [3.8, 4) is 0 Å². The molecule has 0 spiro atoms. The first-order valence-corrected chi connectivity index (χ1v) is 2.94. The number of hydrogen-bond donors (Lipinski definition) is 1. The van der Waals surface area contributed by atoms with E-state index < -0.39 is 0 Å². The van der Waals surface area contributed by atoms with Crippen LogP contribution < -0.4 is 0 Å². The molecule has 0 aliphatic heterocycles. The maximum absolute atomic E-state index is 8.44. The second-order valence-corrected chi connectivity index (χ2v) is 2.27. The van der Waals surface area contributed by atoms with Crippen LogP contribution in [0.2, 0.25) is 0 Å². The van der Waals surface area contributed by atoms with Crippen LogP contribution in [-0.2, 0) is 6.61 Å². The largest absolute Gasteiger partial charge is 0.391 e. The third kappa shape index (κ3) is 2.29. The van der Waals surface area contributed by atoms with Gasteiger partial charge in [-0.2, -0.15) is 0 Å². The summed E-state index contributed by atoms with van der Waals surface area (Å²) in [5.74, 6) is 0. The zero-order valence-corrected chi connectivity index (χ0v) is 7.61. The van der Waals surface area contributed by atoms with E-state index in [2.05, 4.69) is 0 Å². The Bertz CT molecular complexity index is 127. The van der Waals surface area contributed by atoms with Crippen LogP contribution in [-0.4, -0.2) is 34.7 Å². The smallest absolute Gasteiger partial charge is 0.0774 e. The Morgan fingerprint density at radius 1 is 1.62 bits per heavy atom. The molecule has 0 aliphatic rings. The molecule has 0 amide bonds. The first kappa shape index (κ1) is 8.66. The summed E-state index contributed by atoms with van der Waals surface area (Å²) < 4.78 is 0. The quantitative estimate of drug-likeness (QED) is 0.569. The minimum absolute atomic E-state index is 0. The third-order valence-electron chi connectivity index (χ3n) is 0.736. The monoisotopic (exact) mass is 137 g/mol. The molecular weight excluding hydrogens is 131 g/mol. The molecule has 0 bridgehead atoms. The molecule has 0 saturated heterocycles. The summed E-state index contributed by atoms with van der Waals surface area (Å²) in [5, 5.41) is 10.4. The SMILES string of the molecule is OCc1cccs1.[Na]. The molecule has 1 aromatic heterocycles. The van der Waals surface area contributed by atoms with Crippen molar-refractivity contribution in [2.24, 2.45) is 0 Å². The van der Waals surface area contributed by atoms with Gasteiger partial charge in [0.05, 0.1) is 6.61 Å². The first-order chi connectivity index (χ1) is 3.43. The average Bonchev–Trinajstić information content (AvgIpc) is 2.14. The van der Waals surface area contributed by atoms with E-state index in [0.29, 0.717) is 0 Å². The van der Waals surface area contributed by atoms with Gasteiger partial charge in [0.2, 0.25) is 0 Å². The minimum atomic E-state index is 0. The molecule has 0 fully saturated rings. The van der Waals surface area contributed by atoms with E-state index in [1.165, 1.54) is 0 Å². The Morgan fingerprint density at radius 2 is 2.38 bits per heavy atom. The van der Waals surface area contributed by atoms with Crippen LogP contribution >= 0.6 is 11.3 Å². The zero-order chi connectivity index (χ0) is 5.11. The van der Waals surface area contributed by atoms with Crippen molar-refractivity contribution in [3.63, 3.8) is 0 Å². The molecule has 1 N–H and O–H groups in total. The van der Waals surface area contributed by atoms with Crippen LogP contribution in [0, 0.1) is 0 Å². The van der Waals surface area contributed by atoms with Gasteiger partial charge in [0.25, 0.3) is 0 Å². The summed E-state index contributed by atoms with van der Waals surface area (Å²) in [4.78, 5) is 1.03. The van der Waals surface area contributed by atoms with Gasteiger partial charge in [-0.25, -0.2) is 0 Å². The standard InChI is InChI=1S/C5H6OS.Na/c6-4-5-2-1-3-7-5;/h1-3,6H,4H2;. The summed E-state index contributed by atoms with van der Waals surface area (Å²) in [6, 6.07) is 3.83. The molecule has 0 unspecified atom stereocenters. The van der Waals surface area contributed by atoms with Crippen molar-refractivity contribution in [3.05, 3.63) is 22.4 Å². The summed E-state index contributed by atoms with van der Waals surface area (Å²) in [5.41, 5.74) is 0. The van der Waals surface area contributed by atoms with E-state index in [1.807, 2.05) is 17.5 Å². The van der Waals surface area contributed by atoms with Crippen LogP contribution in [0.3, 0.4) is 0 Å². The summed E-state index contributed by atoms with van der Waals surface area (Å²) in [6.07, 6.45) is 0. The Morgan fingerprint density at radius 3 is 2.62 bits per heavy atom. The molecule has 1 aromatic rings. The maximum Gasteiger partial charge on any atom is 0.0774 e. The topological polar surface area (TPSA) is 20.2 Å². The molecule has 0 saturated carbocycles. The van der Waals surface area contributed by atoms with Crippen molar-refractivity contribution in [1.29, 1.82) is 0 Å². The van der Waals surface area contributed by atoms with E-state index in [1.54, 1.807) is 11.3 Å². The maximum atomic E-state index is 8.44. The number of hydrogen-bond acceptors (Lipinski definition) is 2. The normalized spacial score (nSPS) is 8.12. The van der Waals surface area contributed by atoms with E-state index in [9.17, 15) is 0 Å². The van der Waals surface area contributed by atoms with E-state index in [0.717, 1.165) is 4.88 Å². The van der Waals surface area contributed by atoms with Gasteiger partial charge in [-0.1, -0.05) is 6.07 Å². The molecule has 3 heteroatoms. The van der Waals surface area contributed by atoms with Crippen LogP contribution in [0.1, 0.15) is 4.88 Å². The predicted molar refractivity (Wildman–Crippen MR) is 36.0 cm³/mol. The van der Waals surface area contributed by atoms with Crippen molar-refractivity contribution in [1.82, 2.24) is 0 Å². The van der Waals surface area contributed by atoms with Gasteiger partial charge >= 0.3 is 0 Å². The number of thiophene rings is 1. The Kier molecular flexibility index (Phi) is 4.90. The Labute approximate surface area is 74.6 Å². The van der Waals surface area contributed by atoms with Gasteiger partial charge in [-0.3, -0.25) is 0 Å². The van der Waals surface area contributed by atoms with Crippen LogP contribution in [0.5, 0.6) is 0 Å². The molecule has 0 aliphatic carbocycles. The van der Waals surface area contributed by atoms with Crippen LogP contribution in [0.4, 0.5) is 0 Å². The van der Waals surface area contributed by atoms with Crippen molar-refractivity contribution in [2.45, 2.75) is 6.61 Å². The third-order valence-corrected chi connectivity index (χ3v) is 1.60. The summed E-state index contributed by atoms with van der Waals surface area (Å²) in [7, 11) is 0. The molecule has 1 rings (SSSR count).